The molecule has 0 bridgehead atoms. The van der Waals surface area contributed by atoms with Crippen molar-refractivity contribution in [2.45, 2.75) is 33.6 Å². The van der Waals surface area contributed by atoms with Gasteiger partial charge in [0.15, 0.2) is 5.69 Å². The molecule has 1 aliphatic rings. The lowest BCUT2D eigenvalue weighted by atomic mass is 9.85. The zero-order valence-electron chi connectivity index (χ0n) is 12.2. The Morgan fingerprint density at radius 3 is 2.90 bits per heavy atom. The molecule has 1 aromatic rings. The number of nitrogens with one attached hydrogen (secondary N) is 2. The van der Waals surface area contributed by atoms with Crippen LogP contribution in [-0.4, -0.2) is 21.8 Å². The van der Waals surface area contributed by atoms with Crippen molar-refractivity contribution < 1.29 is 4.79 Å². The van der Waals surface area contributed by atoms with Gasteiger partial charge in [0.2, 0.25) is 0 Å². The van der Waals surface area contributed by atoms with Crippen molar-refractivity contribution in [3.63, 3.8) is 0 Å². The van der Waals surface area contributed by atoms with Crippen molar-refractivity contribution in [3.05, 3.63) is 41.3 Å². The Balaban J connectivity index is 2.06. The van der Waals surface area contributed by atoms with Gasteiger partial charge in [0, 0.05) is 5.69 Å². The Hall–Kier alpha value is -2.17. The summed E-state index contributed by atoms with van der Waals surface area (Å²) in [7, 11) is 0. The van der Waals surface area contributed by atoms with Crippen molar-refractivity contribution >= 4 is 11.6 Å². The Labute approximate surface area is 118 Å². The fourth-order valence-corrected chi connectivity index (χ4v) is 2.13. The number of amides is 1. The molecular weight excluding hydrogens is 252 g/mol. The van der Waals surface area contributed by atoms with Gasteiger partial charge in [0.1, 0.15) is 0 Å². The van der Waals surface area contributed by atoms with Crippen LogP contribution in [-0.2, 0) is 0 Å². The monoisotopic (exact) mass is 272 g/mol. The van der Waals surface area contributed by atoms with Crippen LogP contribution in [0.2, 0.25) is 0 Å². The molecule has 1 aliphatic carbocycles. The van der Waals surface area contributed by atoms with Crippen molar-refractivity contribution in [3.8, 4) is 0 Å². The van der Waals surface area contributed by atoms with Crippen LogP contribution in [0.4, 0.5) is 0 Å². The SMILES string of the molecule is C=C(C)[C@@H]1CC=C(C)C(=NNC(=O)c2cc(C)[nH]n2)C1. The number of hydrogen-bond donors (Lipinski definition) is 2. The Morgan fingerprint density at radius 1 is 1.55 bits per heavy atom. The molecule has 1 amide bonds. The number of carbonyl (C=O) groups excluding carboxylic acids is 1. The smallest absolute Gasteiger partial charge is 0.282 e. The quantitative estimate of drug-likeness (QED) is 0.656. The molecule has 0 aromatic carbocycles. The van der Waals surface area contributed by atoms with Crippen LogP contribution in [0.3, 0.4) is 0 Å². The van der Waals surface area contributed by atoms with Gasteiger partial charge in [-0.2, -0.15) is 10.2 Å². The van der Waals surface area contributed by atoms with E-state index in [9.17, 15) is 4.79 Å². The third-order valence-electron chi connectivity index (χ3n) is 3.53. The van der Waals surface area contributed by atoms with Crippen LogP contribution >= 0.6 is 0 Å². The van der Waals surface area contributed by atoms with Gasteiger partial charge in [-0.25, -0.2) is 5.43 Å². The highest BCUT2D eigenvalue weighted by Gasteiger charge is 2.19. The summed E-state index contributed by atoms with van der Waals surface area (Å²) in [6.45, 7) is 9.89. The third kappa shape index (κ3) is 3.23. The normalized spacial score (nSPS) is 20.6. The first-order valence-electron chi connectivity index (χ1n) is 6.69. The lowest BCUT2D eigenvalue weighted by Gasteiger charge is -2.22. The number of nitrogens with zero attached hydrogens (tertiary/aromatic N) is 2. The summed E-state index contributed by atoms with van der Waals surface area (Å²) in [5.41, 5.74) is 6.93. The first kappa shape index (κ1) is 14.2. The minimum absolute atomic E-state index is 0.299. The van der Waals surface area contributed by atoms with E-state index in [2.05, 4.69) is 33.4 Å². The molecule has 0 radical (unpaired) electrons. The van der Waals surface area contributed by atoms with Crippen molar-refractivity contribution in [2.75, 3.05) is 0 Å². The van der Waals surface area contributed by atoms with Crippen LogP contribution in [0.25, 0.3) is 0 Å². The highest BCUT2D eigenvalue weighted by atomic mass is 16.2. The van der Waals surface area contributed by atoms with E-state index >= 15 is 0 Å². The second-order valence-corrected chi connectivity index (χ2v) is 5.31. The van der Waals surface area contributed by atoms with E-state index in [1.807, 2.05) is 20.8 Å². The Morgan fingerprint density at radius 2 is 2.30 bits per heavy atom. The molecule has 0 saturated carbocycles. The highest BCUT2D eigenvalue weighted by molar-refractivity contribution is 6.02. The van der Waals surface area contributed by atoms with Gasteiger partial charge in [0.05, 0.1) is 5.71 Å². The molecule has 1 aromatic heterocycles. The number of aromatic amines is 1. The molecule has 1 heterocycles. The van der Waals surface area contributed by atoms with Gasteiger partial charge in [-0.1, -0.05) is 18.2 Å². The lowest BCUT2D eigenvalue weighted by Crippen LogP contribution is -2.23. The molecule has 0 unspecified atom stereocenters. The second kappa shape index (κ2) is 5.86. The molecule has 20 heavy (non-hydrogen) atoms. The van der Waals surface area contributed by atoms with Gasteiger partial charge in [-0.05, 0) is 51.2 Å². The number of aryl methyl sites for hydroxylation is 1. The first-order valence-corrected chi connectivity index (χ1v) is 6.69. The molecule has 2 rings (SSSR count). The molecule has 0 aliphatic heterocycles. The van der Waals surface area contributed by atoms with Gasteiger partial charge >= 0.3 is 0 Å². The van der Waals surface area contributed by atoms with E-state index in [0.717, 1.165) is 35.4 Å². The van der Waals surface area contributed by atoms with Crippen molar-refractivity contribution in [1.82, 2.24) is 15.6 Å². The number of H-pyrrole nitrogens is 1. The topological polar surface area (TPSA) is 70.1 Å². The maximum Gasteiger partial charge on any atom is 0.291 e. The minimum Gasteiger partial charge on any atom is -0.282 e. The summed E-state index contributed by atoms with van der Waals surface area (Å²) < 4.78 is 0. The van der Waals surface area contributed by atoms with Crippen molar-refractivity contribution in [2.24, 2.45) is 11.0 Å². The maximum absolute atomic E-state index is 11.9. The zero-order valence-corrected chi connectivity index (χ0v) is 12.2. The van der Waals surface area contributed by atoms with Crippen molar-refractivity contribution in [1.29, 1.82) is 0 Å². The van der Waals surface area contributed by atoms with E-state index < -0.39 is 0 Å². The molecule has 0 spiro atoms. The minimum atomic E-state index is -0.299. The summed E-state index contributed by atoms with van der Waals surface area (Å²) in [5.74, 6) is 0.106. The molecule has 1 atom stereocenters. The average Bonchev–Trinajstić information content (AvgIpc) is 2.84. The van der Waals surface area contributed by atoms with Gasteiger partial charge in [-0.15, -0.1) is 0 Å². The van der Waals surface area contributed by atoms with E-state index in [0.29, 0.717) is 11.6 Å². The summed E-state index contributed by atoms with van der Waals surface area (Å²) in [6.07, 6.45) is 3.96. The van der Waals surface area contributed by atoms with Crippen LogP contribution in [0.5, 0.6) is 0 Å². The zero-order chi connectivity index (χ0) is 14.7. The largest absolute Gasteiger partial charge is 0.291 e. The van der Waals surface area contributed by atoms with E-state index in [1.165, 1.54) is 0 Å². The Kier molecular flexibility index (Phi) is 4.17. The summed E-state index contributed by atoms with van der Waals surface area (Å²) in [4.78, 5) is 11.9. The standard InChI is InChI=1S/C15H20N4O/c1-9(2)12-6-5-10(3)13(8-12)17-19-15(20)14-7-11(4)16-18-14/h5,7,12H,1,6,8H2,2-4H3,(H,16,18)(H,19,20)/t12-/m1/s1. The maximum atomic E-state index is 11.9. The summed E-state index contributed by atoms with van der Waals surface area (Å²) in [5, 5.41) is 10.9. The van der Waals surface area contributed by atoms with E-state index in [1.54, 1.807) is 6.07 Å². The number of aromatic nitrogens is 2. The van der Waals surface area contributed by atoms with Crippen LogP contribution in [0, 0.1) is 12.8 Å². The Bertz CT molecular complexity index is 595. The second-order valence-electron chi connectivity index (χ2n) is 5.31. The molecular formula is C15H20N4O. The molecule has 0 fully saturated rings. The summed E-state index contributed by atoms with van der Waals surface area (Å²) >= 11 is 0. The predicted molar refractivity (Wildman–Crippen MR) is 79.5 cm³/mol. The molecule has 106 valence electrons. The van der Waals surface area contributed by atoms with Crippen LogP contribution in [0.15, 0.2) is 35.0 Å². The van der Waals surface area contributed by atoms with Crippen LogP contribution in [0.1, 0.15) is 42.9 Å². The number of carbonyl (C=O) groups is 1. The number of allylic oxidation sites excluding steroid dienone is 3. The molecule has 2 N–H and O–H groups in total. The highest BCUT2D eigenvalue weighted by Crippen LogP contribution is 2.26. The predicted octanol–water partition coefficient (Wildman–Crippen LogP) is 2.74. The first-order chi connectivity index (χ1) is 9.47. The lowest BCUT2D eigenvalue weighted by molar-refractivity contribution is 0.0949. The summed E-state index contributed by atoms with van der Waals surface area (Å²) in [6, 6.07) is 1.69. The van der Waals surface area contributed by atoms with Gasteiger partial charge < -0.3 is 0 Å². The van der Waals surface area contributed by atoms with Gasteiger partial charge in [0.25, 0.3) is 5.91 Å². The fourth-order valence-electron chi connectivity index (χ4n) is 2.13. The number of hydrazone groups is 1. The van der Waals surface area contributed by atoms with E-state index in [4.69, 9.17) is 0 Å². The van der Waals surface area contributed by atoms with Crippen LogP contribution < -0.4 is 5.43 Å². The molecule has 0 saturated heterocycles. The molecule has 5 nitrogen and oxygen atoms in total. The van der Waals surface area contributed by atoms with Gasteiger partial charge in [-0.3, -0.25) is 9.89 Å². The number of rotatable bonds is 3. The number of hydrogen-bond acceptors (Lipinski definition) is 3. The van der Waals surface area contributed by atoms with E-state index in [-0.39, 0.29) is 5.91 Å². The third-order valence-corrected chi connectivity index (χ3v) is 3.53. The fraction of sp³-hybridized carbons (Fsp3) is 0.400. The average molecular weight is 272 g/mol. The molecule has 5 heteroatoms.